The Morgan fingerprint density at radius 3 is 2.39 bits per heavy atom. The monoisotopic (exact) mass is 378 g/mol. The number of aliphatic hydroxyl groups excluding tert-OH is 1. The summed E-state index contributed by atoms with van der Waals surface area (Å²) in [6, 6.07) is 19.9. The molecular formula is C23H26N2O3. The fourth-order valence-electron chi connectivity index (χ4n) is 3.17. The molecule has 0 spiro atoms. The van der Waals surface area contributed by atoms with Crippen molar-refractivity contribution in [3.05, 3.63) is 89.7 Å². The molecule has 28 heavy (non-hydrogen) atoms. The maximum atomic E-state index is 10.5. The first-order valence-corrected chi connectivity index (χ1v) is 9.28. The molecule has 0 unspecified atom stereocenters. The van der Waals surface area contributed by atoms with Gasteiger partial charge in [0.2, 0.25) is 0 Å². The molecule has 0 aliphatic rings. The minimum absolute atomic E-state index is 0.00790. The lowest BCUT2D eigenvalue weighted by atomic mass is 9.98. The van der Waals surface area contributed by atoms with Gasteiger partial charge in [0.15, 0.2) is 11.5 Å². The Kier molecular flexibility index (Phi) is 7.00. The topological polar surface area (TPSA) is 63.6 Å². The fourth-order valence-corrected chi connectivity index (χ4v) is 3.17. The molecule has 0 bridgehead atoms. The number of methoxy groups -OCH3 is 2. The van der Waals surface area contributed by atoms with E-state index in [0.29, 0.717) is 18.0 Å². The van der Waals surface area contributed by atoms with Crippen molar-refractivity contribution in [2.45, 2.75) is 18.6 Å². The Hall–Kier alpha value is -2.89. The molecule has 0 saturated carbocycles. The summed E-state index contributed by atoms with van der Waals surface area (Å²) >= 11 is 0. The minimum Gasteiger partial charge on any atom is -0.493 e. The van der Waals surface area contributed by atoms with E-state index in [-0.39, 0.29) is 6.04 Å². The Bertz CT molecular complexity index is 856. The molecule has 0 aliphatic carbocycles. The number of aliphatic hydroxyl groups is 1. The number of hydrogen-bond donors (Lipinski definition) is 2. The fraction of sp³-hybridized carbons (Fsp3) is 0.261. The number of rotatable bonds is 9. The average molecular weight is 378 g/mol. The second-order valence-corrected chi connectivity index (χ2v) is 6.57. The van der Waals surface area contributed by atoms with Crippen LogP contribution >= 0.6 is 0 Å². The van der Waals surface area contributed by atoms with Crippen molar-refractivity contribution in [1.29, 1.82) is 0 Å². The van der Waals surface area contributed by atoms with E-state index >= 15 is 0 Å². The van der Waals surface area contributed by atoms with Gasteiger partial charge in [-0.2, -0.15) is 0 Å². The number of pyridine rings is 1. The first-order chi connectivity index (χ1) is 13.7. The predicted molar refractivity (Wildman–Crippen MR) is 110 cm³/mol. The van der Waals surface area contributed by atoms with Gasteiger partial charge in [0.25, 0.3) is 0 Å². The van der Waals surface area contributed by atoms with E-state index in [2.05, 4.69) is 22.4 Å². The van der Waals surface area contributed by atoms with Gasteiger partial charge >= 0.3 is 0 Å². The van der Waals surface area contributed by atoms with E-state index < -0.39 is 6.10 Å². The molecule has 2 N–H and O–H groups in total. The molecule has 3 aromatic rings. The second kappa shape index (κ2) is 9.88. The van der Waals surface area contributed by atoms with Gasteiger partial charge in [-0.1, -0.05) is 42.5 Å². The predicted octanol–water partition coefficient (Wildman–Crippen LogP) is 3.71. The highest BCUT2D eigenvalue weighted by Gasteiger charge is 2.17. The average Bonchev–Trinajstić information content (AvgIpc) is 2.77. The third-order valence-electron chi connectivity index (χ3n) is 4.72. The Labute approximate surface area is 166 Å². The van der Waals surface area contributed by atoms with E-state index in [9.17, 15) is 5.11 Å². The van der Waals surface area contributed by atoms with Gasteiger partial charge in [-0.25, -0.2) is 0 Å². The van der Waals surface area contributed by atoms with Crippen LogP contribution in [0.25, 0.3) is 0 Å². The quantitative estimate of drug-likeness (QED) is 0.594. The molecule has 1 heterocycles. The molecule has 0 amide bonds. The van der Waals surface area contributed by atoms with Crippen LogP contribution in [-0.4, -0.2) is 30.9 Å². The van der Waals surface area contributed by atoms with E-state index in [0.717, 1.165) is 17.5 Å². The summed E-state index contributed by atoms with van der Waals surface area (Å²) < 4.78 is 10.8. The van der Waals surface area contributed by atoms with Gasteiger partial charge in [0.05, 0.1) is 20.3 Å². The third kappa shape index (κ3) is 5.09. The van der Waals surface area contributed by atoms with Crippen LogP contribution in [0.2, 0.25) is 0 Å². The van der Waals surface area contributed by atoms with Gasteiger partial charge in [-0.15, -0.1) is 0 Å². The zero-order chi connectivity index (χ0) is 19.8. The van der Waals surface area contributed by atoms with Crippen molar-refractivity contribution in [3.63, 3.8) is 0 Å². The van der Waals surface area contributed by atoms with E-state index in [1.807, 2.05) is 48.5 Å². The Morgan fingerprint density at radius 1 is 0.929 bits per heavy atom. The van der Waals surface area contributed by atoms with Crippen LogP contribution in [0.5, 0.6) is 11.5 Å². The maximum absolute atomic E-state index is 10.5. The lowest BCUT2D eigenvalue weighted by Gasteiger charge is -2.22. The molecule has 0 fully saturated rings. The van der Waals surface area contributed by atoms with Crippen LogP contribution in [-0.2, 0) is 6.42 Å². The Balaban J connectivity index is 1.81. The summed E-state index contributed by atoms with van der Waals surface area (Å²) in [4.78, 5) is 4.08. The lowest BCUT2D eigenvalue weighted by molar-refractivity contribution is 0.169. The molecule has 0 aliphatic heterocycles. The van der Waals surface area contributed by atoms with Crippen molar-refractivity contribution >= 4 is 0 Å². The highest BCUT2D eigenvalue weighted by atomic mass is 16.5. The number of nitrogens with one attached hydrogen (secondary N) is 1. The van der Waals surface area contributed by atoms with Crippen LogP contribution in [0, 0.1) is 0 Å². The molecular weight excluding hydrogens is 352 g/mol. The molecule has 2 atom stereocenters. The van der Waals surface area contributed by atoms with Crippen molar-refractivity contribution in [2.75, 3.05) is 20.8 Å². The first kappa shape index (κ1) is 19.9. The zero-order valence-electron chi connectivity index (χ0n) is 16.2. The summed E-state index contributed by atoms with van der Waals surface area (Å²) in [6.07, 6.45) is 3.54. The molecule has 0 radical (unpaired) electrons. The molecule has 2 aromatic carbocycles. The summed E-state index contributed by atoms with van der Waals surface area (Å²) in [5.41, 5.74) is 3.08. The van der Waals surface area contributed by atoms with Crippen molar-refractivity contribution in [2.24, 2.45) is 0 Å². The highest BCUT2D eigenvalue weighted by molar-refractivity contribution is 5.44. The standard InChI is InChI=1S/C23H26N2O3/c1-27-22-11-10-18(14-23(22)28-2)20(13-17-7-4-3-5-8-17)25-16-21(26)19-9-6-12-24-15-19/h3-12,14-15,20-21,25-26H,13,16H2,1-2H3/t20-,21+/m1/s1. The normalized spacial score (nSPS) is 13.0. The first-order valence-electron chi connectivity index (χ1n) is 9.28. The van der Waals surface area contributed by atoms with E-state index in [4.69, 9.17) is 9.47 Å². The zero-order valence-corrected chi connectivity index (χ0v) is 16.2. The number of benzene rings is 2. The van der Waals surface area contributed by atoms with Crippen LogP contribution in [0.4, 0.5) is 0 Å². The van der Waals surface area contributed by atoms with Crippen LogP contribution in [0.3, 0.4) is 0 Å². The summed E-state index contributed by atoms with van der Waals surface area (Å²) in [6.45, 7) is 0.414. The lowest BCUT2D eigenvalue weighted by Crippen LogP contribution is -2.28. The van der Waals surface area contributed by atoms with Gasteiger partial charge in [0, 0.05) is 30.5 Å². The van der Waals surface area contributed by atoms with Crippen molar-refractivity contribution < 1.29 is 14.6 Å². The molecule has 146 valence electrons. The third-order valence-corrected chi connectivity index (χ3v) is 4.72. The van der Waals surface area contributed by atoms with Crippen molar-refractivity contribution in [3.8, 4) is 11.5 Å². The number of ether oxygens (including phenoxy) is 2. The largest absolute Gasteiger partial charge is 0.493 e. The van der Waals surface area contributed by atoms with Gasteiger partial charge in [-0.3, -0.25) is 4.98 Å². The molecule has 0 saturated heterocycles. The number of nitrogens with zero attached hydrogens (tertiary/aromatic N) is 1. The van der Waals surface area contributed by atoms with Gasteiger partial charge in [-0.05, 0) is 35.7 Å². The Morgan fingerprint density at radius 2 is 1.71 bits per heavy atom. The maximum Gasteiger partial charge on any atom is 0.161 e. The van der Waals surface area contributed by atoms with Gasteiger partial charge < -0.3 is 19.9 Å². The summed E-state index contributed by atoms with van der Waals surface area (Å²) in [5.74, 6) is 1.38. The van der Waals surface area contributed by atoms with Crippen LogP contribution in [0.1, 0.15) is 28.8 Å². The van der Waals surface area contributed by atoms with E-state index in [1.165, 1.54) is 5.56 Å². The van der Waals surface area contributed by atoms with Crippen LogP contribution < -0.4 is 14.8 Å². The SMILES string of the molecule is COc1ccc([C@@H](Cc2ccccc2)NC[C@H](O)c2cccnc2)cc1OC. The number of hydrogen-bond acceptors (Lipinski definition) is 5. The van der Waals surface area contributed by atoms with Crippen molar-refractivity contribution in [1.82, 2.24) is 10.3 Å². The van der Waals surface area contributed by atoms with Gasteiger partial charge in [0.1, 0.15) is 0 Å². The summed E-state index contributed by atoms with van der Waals surface area (Å²) in [7, 11) is 3.26. The van der Waals surface area contributed by atoms with Crippen LogP contribution in [0.15, 0.2) is 73.1 Å². The second-order valence-electron chi connectivity index (χ2n) is 6.57. The number of aromatic nitrogens is 1. The highest BCUT2D eigenvalue weighted by Crippen LogP contribution is 2.31. The smallest absolute Gasteiger partial charge is 0.161 e. The van der Waals surface area contributed by atoms with E-state index in [1.54, 1.807) is 26.6 Å². The minimum atomic E-state index is -0.632. The molecule has 5 heteroatoms. The summed E-state index contributed by atoms with van der Waals surface area (Å²) in [5, 5.41) is 14.0. The molecule has 1 aromatic heterocycles. The molecule has 3 rings (SSSR count). The molecule has 5 nitrogen and oxygen atoms in total.